The van der Waals surface area contributed by atoms with Crippen LogP contribution in [0.25, 0.3) is 0 Å². The van der Waals surface area contributed by atoms with E-state index in [1.807, 2.05) is 54.6 Å². The van der Waals surface area contributed by atoms with Crippen molar-refractivity contribution in [2.75, 3.05) is 19.6 Å². The predicted octanol–water partition coefficient (Wildman–Crippen LogP) is 5.40. The predicted molar refractivity (Wildman–Crippen MR) is 113 cm³/mol. The molecule has 1 atom stereocenters. The van der Waals surface area contributed by atoms with Gasteiger partial charge in [-0.3, -0.25) is 4.90 Å². The quantitative estimate of drug-likeness (QED) is 0.643. The standard InChI is InChI=1S/C23H29NO2.ClH/c1-23(2,3)20-13-11-19(12-14-20)22(25)26-21(17-24-15-7-8-16-24)18-9-5-4-6-10-18;/h4-6,9-14,21H,7-8,15-17H2,1-3H3;1H. The molecule has 0 saturated carbocycles. The van der Waals surface area contributed by atoms with Crippen LogP contribution in [0.4, 0.5) is 0 Å². The van der Waals surface area contributed by atoms with E-state index in [0.29, 0.717) is 5.56 Å². The Morgan fingerprint density at radius 2 is 1.59 bits per heavy atom. The molecule has 3 rings (SSSR count). The minimum atomic E-state index is -0.251. The molecule has 0 radical (unpaired) electrons. The van der Waals surface area contributed by atoms with Crippen molar-refractivity contribution < 1.29 is 9.53 Å². The summed E-state index contributed by atoms with van der Waals surface area (Å²) in [5.74, 6) is -0.251. The molecule has 146 valence electrons. The van der Waals surface area contributed by atoms with Crippen LogP contribution in [-0.2, 0) is 10.2 Å². The highest BCUT2D eigenvalue weighted by atomic mass is 35.5. The second kappa shape index (κ2) is 9.38. The van der Waals surface area contributed by atoms with Crippen LogP contribution in [0.3, 0.4) is 0 Å². The number of benzene rings is 2. The first-order valence-corrected chi connectivity index (χ1v) is 9.52. The molecular formula is C23H30ClNO2. The van der Waals surface area contributed by atoms with Crippen molar-refractivity contribution in [3.8, 4) is 0 Å². The Morgan fingerprint density at radius 3 is 2.15 bits per heavy atom. The Bertz CT molecular complexity index is 716. The molecule has 0 amide bonds. The molecule has 1 fully saturated rings. The summed E-state index contributed by atoms with van der Waals surface area (Å²) in [5, 5.41) is 0. The third-order valence-corrected chi connectivity index (χ3v) is 5.03. The molecule has 1 saturated heterocycles. The fraction of sp³-hybridized carbons (Fsp3) is 0.435. The number of esters is 1. The van der Waals surface area contributed by atoms with E-state index in [2.05, 4.69) is 25.7 Å². The molecule has 1 unspecified atom stereocenters. The maximum Gasteiger partial charge on any atom is 0.338 e. The van der Waals surface area contributed by atoms with E-state index in [1.165, 1.54) is 18.4 Å². The first-order valence-electron chi connectivity index (χ1n) is 9.52. The van der Waals surface area contributed by atoms with Crippen LogP contribution in [0.1, 0.15) is 61.2 Å². The maximum atomic E-state index is 12.7. The van der Waals surface area contributed by atoms with Crippen LogP contribution >= 0.6 is 12.4 Å². The van der Waals surface area contributed by atoms with Crippen LogP contribution in [-0.4, -0.2) is 30.5 Å². The van der Waals surface area contributed by atoms with Gasteiger partial charge in [0.2, 0.25) is 0 Å². The highest BCUT2D eigenvalue weighted by Crippen LogP contribution is 2.25. The van der Waals surface area contributed by atoms with Gasteiger partial charge in [0.1, 0.15) is 6.10 Å². The lowest BCUT2D eigenvalue weighted by atomic mass is 9.87. The number of likely N-dealkylation sites (tertiary alicyclic amines) is 1. The molecule has 4 heteroatoms. The van der Waals surface area contributed by atoms with Gasteiger partial charge in [-0.25, -0.2) is 4.79 Å². The average Bonchev–Trinajstić information content (AvgIpc) is 3.14. The van der Waals surface area contributed by atoms with E-state index in [0.717, 1.165) is 25.2 Å². The Kier molecular flexibility index (Phi) is 7.46. The fourth-order valence-corrected chi connectivity index (χ4v) is 3.38. The van der Waals surface area contributed by atoms with Crippen molar-refractivity contribution in [2.24, 2.45) is 0 Å². The molecule has 2 aromatic rings. The monoisotopic (exact) mass is 387 g/mol. The van der Waals surface area contributed by atoms with Crippen molar-refractivity contribution >= 4 is 18.4 Å². The zero-order chi connectivity index (χ0) is 18.6. The van der Waals surface area contributed by atoms with E-state index < -0.39 is 0 Å². The Balaban J connectivity index is 0.00000261. The number of hydrogen-bond donors (Lipinski definition) is 0. The van der Waals surface area contributed by atoms with Gasteiger partial charge in [0.25, 0.3) is 0 Å². The fourth-order valence-electron chi connectivity index (χ4n) is 3.38. The summed E-state index contributed by atoms with van der Waals surface area (Å²) >= 11 is 0. The number of rotatable bonds is 5. The lowest BCUT2D eigenvalue weighted by Gasteiger charge is -2.24. The minimum absolute atomic E-state index is 0. The number of hydrogen-bond acceptors (Lipinski definition) is 3. The van der Waals surface area contributed by atoms with Gasteiger partial charge in [-0.15, -0.1) is 12.4 Å². The third-order valence-electron chi connectivity index (χ3n) is 5.03. The van der Waals surface area contributed by atoms with Gasteiger partial charge in [-0.1, -0.05) is 63.2 Å². The van der Waals surface area contributed by atoms with Gasteiger partial charge in [0, 0.05) is 6.54 Å². The first-order chi connectivity index (χ1) is 12.4. The molecule has 3 nitrogen and oxygen atoms in total. The van der Waals surface area contributed by atoms with Crippen molar-refractivity contribution in [2.45, 2.75) is 45.1 Å². The van der Waals surface area contributed by atoms with Crippen LogP contribution in [0.2, 0.25) is 0 Å². The minimum Gasteiger partial charge on any atom is -0.453 e. The Morgan fingerprint density at radius 1 is 1.00 bits per heavy atom. The summed E-state index contributed by atoms with van der Waals surface area (Å²) < 4.78 is 5.93. The molecule has 1 aliphatic heterocycles. The normalized spacial score (nSPS) is 15.8. The van der Waals surface area contributed by atoms with E-state index in [9.17, 15) is 4.79 Å². The van der Waals surface area contributed by atoms with Gasteiger partial charge < -0.3 is 4.74 Å². The van der Waals surface area contributed by atoms with E-state index in [1.54, 1.807) is 0 Å². The van der Waals surface area contributed by atoms with Gasteiger partial charge in [-0.2, -0.15) is 0 Å². The van der Waals surface area contributed by atoms with E-state index >= 15 is 0 Å². The number of carbonyl (C=O) groups is 1. The van der Waals surface area contributed by atoms with Crippen molar-refractivity contribution in [1.82, 2.24) is 4.90 Å². The van der Waals surface area contributed by atoms with Crippen LogP contribution < -0.4 is 0 Å². The average molecular weight is 388 g/mol. The van der Waals surface area contributed by atoms with E-state index in [4.69, 9.17) is 4.74 Å². The smallest absolute Gasteiger partial charge is 0.338 e. The summed E-state index contributed by atoms with van der Waals surface area (Å²) in [5.41, 5.74) is 2.95. The van der Waals surface area contributed by atoms with Crippen molar-refractivity contribution in [1.29, 1.82) is 0 Å². The largest absolute Gasteiger partial charge is 0.453 e. The van der Waals surface area contributed by atoms with Crippen molar-refractivity contribution in [3.63, 3.8) is 0 Å². The van der Waals surface area contributed by atoms with Crippen molar-refractivity contribution in [3.05, 3.63) is 71.3 Å². The van der Waals surface area contributed by atoms with Crippen LogP contribution in [0.5, 0.6) is 0 Å². The molecule has 1 aliphatic rings. The zero-order valence-electron chi connectivity index (χ0n) is 16.5. The topological polar surface area (TPSA) is 29.5 Å². The molecule has 0 spiro atoms. The molecular weight excluding hydrogens is 358 g/mol. The summed E-state index contributed by atoms with van der Waals surface area (Å²) in [6.45, 7) is 9.43. The summed E-state index contributed by atoms with van der Waals surface area (Å²) in [4.78, 5) is 15.1. The maximum absolute atomic E-state index is 12.7. The summed E-state index contributed by atoms with van der Waals surface area (Å²) in [7, 11) is 0. The first kappa shape index (κ1) is 21.5. The second-order valence-corrected chi connectivity index (χ2v) is 8.14. The molecule has 2 aromatic carbocycles. The van der Waals surface area contributed by atoms with Gasteiger partial charge in [-0.05, 0) is 54.6 Å². The molecule has 0 aliphatic carbocycles. The van der Waals surface area contributed by atoms with Gasteiger partial charge in [0.05, 0.1) is 5.56 Å². The number of nitrogens with zero attached hydrogens (tertiary/aromatic N) is 1. The molecule has 0 N–H and O–H groups in total. The molecule has 0 bridgehead atoms. The highest BCUT2D eigenvalue weighted by molar-refractivity contribution is 5.89. The summed E-state index contributed by atoms with van der Waals surface area (Å²) in [6.07, 6.45) is 2.22. The number of carbonyl (C=O) groups excluding carboxylic acids is 1. The Hall–Kier alpha value is -1.84. The number of ether oxygens (including phenoxy) is 1. The summed E-state index contributed by atoms with van der Waals surface area (Å²) in [6, 6.07) is 17.9. The lowest BCUT2D eigenvalue weighted by molar-refractivity contribution is 0.0216. The lowest BCUT2D eigenvalue weighted by Crippen LogP contribution is -2.28. The highest BCUT2D eigenvalue weighted by Gasteiger charge is 2.23. The third kappa shape index (κ3) is 5.82. The second-order valence-electron chi connectivity index (χ2n) is 8.14. The molecule has 27 heavy (non-hydrogen) atoms. The van der Waals surface area contributed by atoms with E-state index in [-0.39, 0.29) is 29.9 Å². The van der Waals surface area contributed by atoms with Gasteiger partial charge >= 0.3 is 5.97 Å². The Labute approximate surface area is 169 Å². The number of halogens is 1. The van der Waals surface area contributed by atoms with Crippen LogP contribution in [0.15, 0.2) is 54.6 Å². The molecule has 0 aromatic heterocycles. The van der Waals surface area contributed by atoms with Gasteiger partial charge in [0.15, 0.2) is 0 Å². The zero-order valence-corrected chi connectivity index (χ0v) is 17.3. The SMILES string of the molecule is CC(C)(C)c1ccc(C(=O)OC(CN2CCCC2)c2ccccc2)cc1.Cl. The van der Waals surface area contributed by atoms with Crippen LogP contribution in [0, 0.1) is 0 Å². The molecule has 1 heterocycles.